The van der Waals surface area contributed by atoms with Crippen LogP contribution in [-0.4, -0.2) is 22.3 Å². The van der Waals surface area contributed by atoms with E-state index in [1.807, 2.05) is 26.0 Å². The lowest BCUT2D eigenvalue weighted by Gasteiger charge is -2.29. The van der Waals surface area contributed by atoms with Gasteiger partial charge in [-0.3, -0.25) is 14.2 Å². The maximum atomic E-state index is 12.6. The predicted molar refractivity (Wildman–Crippen MR) is 94.0 cm³/mol. The molecule has 0 fully saturated rings. The Hall–Kier alpha value is -2.60. The molecule has 1 aromatic carbocycles. The van der Waals surface area contributed by atoms with Crippen molar-refractivity contribution in [2.45, 2.75) is 26.4 Å². The number of aryl methyl sites for hydroxylation is 2. The van der Waals surface area contributed by atoms with Gasteiger partial charge in [0.15, 0.2) is 5.75 Å². The van der Waals surface area contributed by atoms with Gasteiger partial charge in [0.1, 0.15) is 6.61 Å². The van der Waals surface area contributed by atoms with E-state index in [-0.39, 0.29) is 17.2 Å². The van der Waals surface area contributed by atoms with Crippen molar-refractivity contribution >= 4 is 21.8 Å². The largest absolute Gasteiger partial charge is 0.487 e. The molecule has 0 saturated carbocycles. The molecule has 4 rings (SSSR count). The normalized spacial score (nSPS) is 16.5. The second kappa shape index (κ2) is 5.21. The minimum Gasteiger partial charge on any atom is -0.487 e. The van der Waals surface area contributed by atoms with Crippen LogP contribution in [0.25, 0.3) is 21.8 Å². The Morgan fingerprint density at radius 3 is 2.71 bits per heavy atom. The summed E-state index contributed by atoms with van der Waals surface area (Å²) in [5, 5.41) is 1.88. The van der Waals surface area contributed by atoms with E-state index in [0.29, 0.717) is 25.4 Å². The minimum absolute atomic E-state index is 0.0771. The van der Waals surface area contributed by atoms with E-state index in [0.717, 1.165) is 27.4 Å². The van der Waals surface area contributed by atoms with E-state index in [1.165, 1.54) is 0 Å². The van der Waals surface area contributed by atoms with Gasteiger partial charge < -0.3 is 15.0 Å². The summed E-state index contributed by atoms with van der Waals surface area (Å²) in [6, 6.07) is 6.85. The molecule has 6 heteroatoms. The fraction of sp³-hybridized carbons (Fsp3) is 0.333. The van der Waals surface area contributed by atoms with Gasteiger partial charge in [-0.25, -0.2) is 0 Å². The second-order valence-corrected chi connectivity index (χ2v) is 6.19. The first-order valence-electron chi connectivity index (χ1n) is 8.12. The van der Waals surface area contributed by atoms with Gasteiger partial charge in [0.2, 0.25) is 0 Å². The van der Waals surface area contributed by atoms with E-state index in [2.05, 4.69) is 0 Å². The van der Waals surface area contributed by atoms with E-state index >= 15 is 0 Å². The van der Waals surface area contributed by atoms with Crippen molar-refractivity contribution in [2.75, 3.05) is 13.2 Å². The molecule has 1 unspecified atom stereocenters. The third-order valence-corrected chi connectivity index (χ3v) is 4.82. The van der Waals surface area contributed by atoms with Gasteiger partial charge >= 0.3 is 0 Å². The molecular formula is C18H19N3O3. The fourth-order valence-electron chi connectivity index (χ4n) is 3.65. The van der Waals surface area contributed by atoms with Crippen LogP contribution in [-0.2, 0) is 6.54 Å². The standard InChI is InChI=1S/C18H19N3O3/c1-3-20-14(22)5-4-11-7-13-10(2)6-15(23)21-12(8-19)9-24-18(16(11)20)17(13)21/h4-7,12H,3,8-9,19H2,1-2H3. The van der Waals surface area contributed by atoms with Crippen molar-refractivity contribution in [1.82, 2.24) is 9.13 Å². The van der Waals surface area contributed by atoms with Crippen LogP contribution in [0.3, 0.4) is 0 Å². The molecule has 0 bridgehead atoms. The first-order chi connectivity index (χ1) is 11.6. The summed E-state index contributed by atoms with van der Waals surface area (Å²) in [7, 11) is 0. The van der Waals surface area contributed by atoms with Crippen LogP contribution in [0.1, 0.15) is 18.5 Å². The minimum atomic E-state index is -0.198. The van der Waals surface area contributed by atoms with Gasteiger partial charge in [0, 0.05) is 36.0 Å². The Morgan fingerprint density at radius 2 is 2.00 bits per heavy atom. The Kier molecular flexibility index (Phi) is 3.25. The first kappa shape index (κ1) is 15.0. The Bertz CT molecular complexity index is 1090. The highest BCUT2D eigenvalue weighted by Gasteiger charge is 2.26. The number of aromatic nitrogens is 2. The molecule has 2 aromatic heterocycles. The number of ether oxygens (including phenoxy) is 1. The molecule has 1 aliphatic heterocycles. The number of benzene rings is 1. The third-order valence-electron chi connectivity index (χ3n) is 4.82. The molecule has 6 nitrogen and oxygen atoms in total. The third kappa shape index (κ3) is 1.86. The Labute approximate surface area is 138 Å². The summed E-state index contributed by atoms with van der Waals surface area (Å²) >= 11 is 0. The molecule has 1 atom stereocenters. The average Bonchev–Trinajstić information content (AvgIpc) is 2.58. The molecule has 0 saturated heterocycles. The number of nitrogens with two attached hydrogens (primary N) is 1. The maximum absolute atomic E-state index is 12.6. The molecule has 0 amide bonds. The van der Waals surface area contributed by atoms with Gasteiger partial charge in [-0.05, 0) is 31.5 Å². The molecule has 2 N–H and O–H groups in total. The zero-order valence-corrected chi connectivity index (χ0v) is 13.7. The quantitative estimate of drug-likeness (QED) is 0.725. The second-order valence-electron chi connectivity index (χ2n) is 6.19. The number of hydrogen-bond acceptors (Lipinski definition) is 4. The fourth-order valence-corrected chi connectivity index (χ4v) is 3.65. The molecule has 1 aliphatic rings. The van der Waals surface area contributed by atoms with Crippen LogP contribution in [0.15, 0.2) is 33.9 Å². The maximum Gasteiger partial charge on any atom is 0.251 e. The van der Waals surface area contributed by atoms with Gasteiger partial charge in [-0.2, -0.15) is 0 Å². The summed E-state index contributed by atoms with van der Waals surface area (Å²) in [4.78, 5) is 24.8. The van der Waals surface area contributed by atoms with E-state index in [1.54, 1.807) is 21.3 Å². The summed E-state index contributed by atoms with van der Waals surface area (Å²) < 4.78 is 9.43. The monoisotopic (exact) mass is 325 g/mol. The smallest absolute Gasteiger partial charge is 0.251 e. The highest BCUT2D eigenvalue weighted by Crippen LogP contribution is 2.38. The van der Waals surface area contributed by atoms with Gasteiger partial charge in [0.05, 0.1) is 17.1 Å². The lowest BCUT2D eigenvalue weighted by Crippen LogP contribution is -2.36. The van der Waals surface area contributed by atoms with Crippen molar-refractivity contribution in [1.29, 1.82) is 0 Å². The lowest BCUT2D eigenvalue weighted by molar-refractivity contribution is 0.239. The van der Waals surface area contributed by atoms with Crippen LogP contribution < -0.4 is 21.6 Å². The molecule has 24 heavy (non-hydrogen) atoms. The van der Waals surface area contributed by atoms with Crippen molar-refractivity contribution in [2.24, 2.45) is 5.73 Å². The summed E-state index contributed by atoms with van der Waals surface area (Å²) in [5.41, 5.74) is 8.05. The SMILES string of the molecule is CCn1c(=O)ccc2cc3c(C)cc(=O)n4c3c(c21)OCC4CN. The molecule has 3 heterocycles. The number of rotatable bonds is 2. The van der Waals surface area contributed by atoms with Gasteiger partial charge in [0.25, 0.3) is 11.1 Å². The number of pyridine rings is 2. The topological polar surface area (TPSA) is 79.2 Å². The van der Waals surface area contributed by atoms with Crippen molar-refractivity contribution in [3.8, 4) is 5.75 Å². The lowest BCUT2D eigenvalue weighted by atomic mass is 10.0. The van der Waals surface area contributed by atoms with E-state index < -0.39 is 0 Å². The summed E-state index contributed by atoms with van der Waals surface area (Å²) in [6.07, 6.45) is 0. The highest BCUT2D eigenvalue weighted by molar-refractivity contribution is 6.03. The number of fused-ring (bicyclic) bond motifs is 2. The van der Waals surface area contributed by atoms with E-state index in [4.69, 9.17) is 10.5 Å². The predicted octanol–water partition coefficient (Wildman–Crippen LogP) is 1.54. The first-order valence-corrected chi connectivity index (χ1v) is 8.12. The molecule has 3 aromatic rings. The van der Waals surface area contributed by atoms with Crippen LogP contribution in [0.4, 0.5) is 0 Å². The van der Waals surface area contributed by atoms with Gasteiger partial charge in [-0.15, -0.1) is 0 Å². The molecule has 0 radical (unpaired) electrons. The summed E-state index contributed by atoms with van der Waals surface area (Å²) in [5.74, 6) is 0.604. The van der Waals surface area contributed by atoms with Crippen molar-refractivity contribution in [3.05, 3.63) is 50.5 Å². The Balaban J connectivity index is 2.31. The highest BCUT2D eigenvalue weighted by atomic mass is 16.5. The van der Waals surface area contributed by atoms with Crippen LogP contribution in [0.5, 0.6) is 5.75 Å². The average molecular weight is 325 g/mol. The molecule has 124 valence electrons. The van der Waals surface area contributed by atoms with Crippen molar-refractivity contribution in [3.63, 3.8) is 0 Å². The van der Waals surface area contributed by atoms with Crippen LogP contribution in [0, 0.1) is 6.92 Å². The molecular weight excluding hydrogens is 306 g/mol. The molecule has 0 spiro atoms. The molecule has 0 aliphatic carbocycles. The zero-order chi connectivity index (χ0) is 17.0. The van der Waals surface area contributed by atoms with Crippen molar-refractivity contribution < 1.29 is 4.74 Å². The van der Waals surface area contributed by atoms with Crippen LogP contribution >= 0.6 is 0 Å². The Morgan fingerprint density at radius 1 is 1.21 bits per heavy atom. The summed E-state index contributed by atoms with van der Waals surface area (Å²) in [6.45, 7) is 5.03. The zero-order valence-electron chi connectivity index (χ0n) is 13.7. The number of hydrogen-bond donors (Lipinski definition) is 1. The number of nitrogens with zero attached hydrogens (tertiary/aromatic N) is 2. The van der Waals surface area contributed by atoms with E-state index in [9.17, 15) is 9.59 Å². The van der Waals surface area contributed by atoms with Gasteiger partial charge in [-0.1, -0.05) is 0 Å². The van der Waals surface area contributed by atoms with Crippen LogP contribution in [0.2, 0.25) is 0 Å².